The number of ketones is 1. The Balaban J connectivity index is 2.59. The summed E-state index contributed by atoms with van der Waals surface area (Å²) in [5, 5.41) is 3.34. The number of Topliss-reactive ketones (excluding diaryl/α,β-unsaturated/α-hetero) is 1. The van der Waals surface area contributed by atoms with E-state index >= 15 is 0 Å². The number of hydrogen-bond acceptors (Lipinski definition) is 5. The molecule has 74 valence electrons. The van der Waals surface area contributed by atoms with Crippen LogP contribution in [0.5, 0.6) is 0 Å². The monoisotopic (exact) mass is 195 g/mol. The molecule has 1 aromatic heterocycles. The quantitative estimate of drug-likeness (QED) is 0.415. The Hall–Kier alpha value is -1.91. The fourth-order valence-electron chi connectivity index (χ4n) is 0.614. The second-order valence-corrected chi connectivity index (χ2v) is 2.59. The molecule has 0 spiro atoms. The van der Waals surface area contributed by atoms with E-state index in [1.54, 1.807) is 6.07 Å². The van der Waals surface area contributed by atoms with Crippen LogP contribution in [-0.4, -0.2) is 17.5 Å². The molecule has 0 unspecified atom stereocenters. The summed E-state index contributed by atoms with van der Waals surface area (Å²) >= 11 is 0. The van der Waals surface area contributed by atoms with Gasteiger partial charge in [0.1, 0.15) is 5.71 Å². The van der Waals surface area contributed by atoms with Gasteiger partial charge in [0.15, 0.2) is 5.78 Å². The van der Waals surface area contributed by atoms with Crippen LogP contribution in [0.2, 0.25) is 0 Å². The average Bonchev–Trinajstić information content (AvgIpc) is 2.66. The number of carbonyl (C=O) groups excluding carboxylic acids is 2. The minimum atomic E-state index is -0.726. The average molecular weight is 195 g/mol. The van der Waals surface area contributed by atoms with Crippen molar-refractivity contribution in [3.8, 4) is 0 Å². The number of nitrogens with zero attached hydrogens (tertiary/aromatic N) is 1. The lowest BCUT2D eigenvalue weighted by Crippen LogP contribution is -2.07. The molecule has 1 heterocycles. The summed E-state index contributed by atoms with van der Waals surface area (Å²) in [6.45, 7) is 2.79. The van der Waals surface area contributed by atoms with E-state index in [9.17, 15) is 9.59 Å². The van der Waals surface area contributed by atoms with Gasteiger partial charge in [0.2, 0.25) is 5.76 Å². The zero-order chi connectivity index (χ0) is 10.6. The van der Waals surface area contributed by atoms with Gasteiger partial charge < -0.3 is 9.25 Å². The van der Waals surface area contributed by atoms with Crippen molar-refractivity contribution in [2.24, 2.45) is 5.16 Å². The summed E-state index contributed by atoms with van der Waals surface area (Å²) in [5.74, 6) is -0.932. The number of furan rings is 1. The number of hydrogen-bond donors (Lipinski definition) is 0. The van der Waals surface area contributed by atoms with Gasteiger partial charge in [-0.1, -0.05) is 5.16 Å². The van der Waals surface area contributed by atoms with Crippen molar-refractivity contribution >= 4 is 17.5 Å². The Morgan fingerprint density at radius 3 is 2.64 bits per heavy atom. The molecular formula is C9H9NO4. The van der Waals surface area contributed by atoms with Crippen LogP contribution in [0.25, 0.3) is 0 Å². The van der Waals surface area contributed by atoms with E-state index in [0.717, 1.165) is 0 Å². The zero-order valence-corrected chi connectivity index (χ0v) is 7.81. The van der Waals surface area contributed by atoms with Crippen LogP contribution < -0.4 is 0 Å². The highest BCUT2D eigenvalue weighted by Gasteiger charge is 2.10. The van der Waals surface area contributed by atoms with Crippen molar-refractivity contribution in [1.82, 2.24) is 0 Å². The third-order valence-electron chi connectivity index (χ3n) is 1.50. The molecule has 1 aromatic rings. The van der Waals surface area contributed by atoms with Crippen LogP contribution in [0.15, 0.2) is 28.0 Å². The lowest BCUT2D eigenvalue weighted by atomic mass is 10.3. The summed E-state index contributed by atoms with van der Waals surface area (Å²) in [5.41, 5.74) is 0.130. The fourth-order valence-corrected chi connectivity index (χ4v) is 0.614. The van der Waals surface area contributed by atoms with Crippen molar-refractivity contribution in [2.45, 2.75) is 13.8 Å². The highest BCUT2D eigenvalue weighted by Crippen LogP contribution is 2.02. The van der Waals surface area contributed by atoms with Gasteiger partial charge >= 0.3 is 5.97 Å². The van der Waals surface area contributed by atoms with E-state index in [4.69, 9.17) is 4.42 Å². The molecule has 0 bridgehead atoms. The van der Waals surface area contributed by atoms with Crippen LogP contribution in [-0.2, 0) is 9.63 Å². The number of oxime groups is 1. The third-order valence-corrected chi connectivity index (χ3v) is 1.50. The van der Waals surface area contributed by atoms with E-state index in [1.807, 2.05) is 0 Å². The molecule has 0 aliphatic heterocycles. The maximum Gasteiger partial charge on any atom is 0.400 e. The van der Waals surface area contributed by atoms with E-state index in [2.05, 4.69) is 9.99 Å². The van der Waals surface area contributed by atoms with Gasteiger partial charge in [-0.05, 0) is 19.1 Å². The molecule has 0 amide bonds. The van der Waals surface area contributed by atoms with Gasteiger partial charge in [0.25, 0.3) is 0 Å². The van der Waals surface area contributed by atoms with Crippen LogP contribution in [0.1, 0.15) is 24.4 Å². The molecule has 0 saturated heterocycles. The van der Waals surface area contributed by atoms with Crippen LogP contribution in [0.3, 0.4) is 0 Å². The van der Waals surface area contributed by atoms with Gasteiger partial charge in [0, 0.05) is 6.92 Å². The molecule has 0 radical (unpaired) electrons. The Kier molecular flexibility index (Phi) is 3.17. The lowest BCUT2D eigenvalue weighted by molar-refractivity contribution is -0.111. The van der Waals surface area contributed by atoms with Gasteiger partial charge in [-0.3, -0.25) is 4.79 Å². The van der Waals surface area contributed by atoms with E-state index in [1.165, 1.54) is 26.2 Å². The Labute approximate surface area is 80.3 Å². The van der Waals surface area contributed by atoms with E-state index in [-0.39, 0.29) is 17.3 Å². The zero-order valence-electron chi connectivity index (χ0n) is 7.81. The number of rotatable bonds is 3. The SMILES string of the molecule is CC(=O)/C(C)=N\OC(=O)c1ccco1. The van der Waals surface area contributed by atoms with Crippen molar-refractivity contribution in [3.05, 3.63) is 24.2 Å². The predicted octanol–water partition coefficient (Wildman–Crippen LogP) is 1.40. The molecule has 0 aliphatic rings. The molecule has 5 nitrogen and oxygen atoms in total. The topological polar surface area (TPSA) is 68.9 Å². The molecule has 1 rings (SSSR count). The molecule has 0 atom stereocenters. The first kappa shape index (κ1) is 10.2. The molecule has 0 N–H and O–H groups in total. The minimum absolute atomic E-state index is 0.0464. The van der Waals surface area contributed by atoms with E-state index < -0.39 is 5.97 Å². The first-order valence-corrected chi connectivity index (χ1v) is 3.91. The molecule has 14 heavy (non-hydrogen) atoms. The van der Waals surface area contributed by atoms with Crippen molar-refractivity contribution in [1.29, 1.82) is 0 Å². The summed E-state index contributed by atoms with van der Waals surface area (Å²) in [6.07, 6.45) is 1.35. The smallest absolute Gasteiger partial charge is 0.400 e. The highest BCUT2D eigenvalue weighted by molar-refractivity contribution is 6.37. The molecule has 0 aromatic carbocycles. The molecule has 0 saturated carbocycles. The molecular weight excluding hydrogens is 186 g/mol. The van der Waals surface area contributed by atoms with Gasteiger partial charge in [-0.2, -0.15) is 0 Å². The Morgan fingerprint density at radius 1 is 1.43 bits per heavy atom. The lowest BCUT2D eigenvalue weighted by Gasteiger charge is -1.94. The summed E-state index contributed by atoms with van der Waals surface area (Å²) in [6, 6.07) is 3.00. The second kappa shape index (κ2) is 4.36. The number of carbonyl (C=O) groups is 2. The standard InChI is InChI=1S/C9H9NO4/c1-6(7(2)11)10-14-9(12)8-4-3-5-13-8/h3-5H,1-2H3/b10-6-. The highest BCUT2D eigenvalue weighted by atomic mass is 16.7. The second-order valence-electron chi connectivity index (χ2n) is 2.59. The fraction of sp³-hybridized carbons (Fsp3) is 0.222. The third kappa shape index (κ3) is 2.55. The van der Waals surface area contributed by atoms with Crippen molar-refractivity contribution in [3.63, 3.8) is 0 Å². The largest absolute Gasteiger partial charge is 0.457 e. The molecule has 0 fully saturated rings. The van der Waals surface area contributed by atoms with Crippen LogP contribution in [0, 0.1) is 0 Å². The predicted molar refractivity (Wildman–Crippen MR) is 47.9 cm³/mol. The maximum absolute atomic E-state index is 11.1. The summed E-state index contributed by atoms with van der Waals surface area (Å²) in [4.78, 5) is 26.2. The van der Waals surface area contributed by atoms with Crippen molar-refractivity contribution < 1.29 is 18.8 Å². The van der Waals surface area contributed by atoms with Gasteiger partial charge in [-0.25, -0.2) is 4.79 Å². The molecule has 0 aliphatic carbocycles. The summed E-state index contributed by atoms with van der Waals surface area (Å²) in [7, 11) is 0. The minimum Gasteiger partial charge on any atom is -0.457 e. The van der Waals surface area contributed by atoms with E-state index in [0.29, 0.717) is 0 Å². The first-order valence-electron chi connectivity index (χ1n) is 3.91. The van der Waals surface area contributed by atoms with Crippen molar-refractivity contribution in [2.75, 3.05) is 0 Å². The van der Waals surface area contributed by atoms with Crippen LogP contribution >= 0.6 is 0 Å². The Morgan fingerprint density at radius 2 is 2.14 bits per heavy atom. The summed E-state index contributed by atoms with van der Waals surface area (Å²) < 4.78 is 4.76. The van der Waals surface area contributed by atoms with Gasteiger partial charge in [-0.15, -0.1) is 0 Å². The Bertz CT molecular complexity index is 364. The van der Waals surface area contributed by atoms with Crippen LogP contribution in [0.4, 0.5) is 0 Å². The van der Waals surface area contributed by atoms with Gasteiger partial charge in [0.05, 0.1) is 6.26 Å². The molecule has 5 heteroatoms. The maximum atomic E-state index is 11.1. The first-order chi connectivity index (χ1) is 6.61. The normalized spacial score (nSPS) is 11.1.